The van der Waals surface area contributed by atoms with Gasteiger partial charge in [-0.2, -0.15) is 0 Å². The highest BCUT2D eigenvalue weighted by Crippen LogP contribution is 2.44. The van der Waals surface area contributed by atoms with Gasteiger partial charge in [0.25, 0.3) is 0 Å². The van der Waals surface area contributed by atoms with Crippen LogP contribution in [0.5, 0.6) is 0 Å². The lowest BCUT2D eigenvalue weighted by Gasteiger charge is -2.12. The maximum Gasteiger partial charge on any atom is 0.0544 e. The third kappa shape index (κ3) is 5.04. The summed E-state index contributed by atoms with van der Waals surface area (Å²) in [7, 11) is 0. The van der Waals surface area contributed by atoms with Gasteiger partial charge in [0.15, 0.2) is 0 Å². The minimum absolute atomic E-state index is 0.961. The van der Waals surface area contributed by atoms with Crippen LogP contribution in [0, 0.1) is 0 Å². The number of aromatic nitrogens is 2. The fourth-order valence-electron chi connectivity index (χ4n) is 9.45. The first kappa shape index (κ1) is 31.9. The fraction of sp³-hybridized carbons (Fsp3) is 0.0182. The van der Waals surface area contributed by atoms with E-state index in [0.29, 0.717) is 0 Å². The lowest BCUT2D eigenvalue weighted by molar-refractivity contribution is 1.17. The molecule has 0 aliphatic heterocycles. The highest BCUT2D eigenvalue weighted by Gasteiger charge is 2.23. The Bertz CT molecular complexity index is 3360. The second-order valence-corrected chi connectivity index (χ2v) is 15.3. The lowest BCUT2D eigenvalue weighted by atomic mass is 9.99. The van der Waals surface area contributed by atoms with Gasteiger partial charge in [0, 0.05) is 32.9 Å². The molecule has 1 aliphatic rings. The second kappa shape index (κ2) is 12.6. The van der Waals surface area contributed by atoms with Crippen LogP contribution < -0.4 is 0 Å². The van der Waals surface area contributed by atoms with Crippen molar-refractivity contribution in [2.75, 3.05) is 0 Å². The molecule has 1 aliphatic carbocycles. The van der Waals surface area contributed by atoms with E-state index in [1.165, 1.54) is 105 Å². The van der Waals surface area contributed by atoms with Crippen molar-refractivity contribution < 1.29 is 0 Å². The Balaban J connectivity index is 1.05. The third-order valence-corrected chi connectivity index (χ3v) is 12.1. The van der Waals surface area contributed by atoms with Crippen LogP contribution in [0.1, 0.15) is 11.1 Å². The number of para-hydroxylation sites is 1. The van der Waals surface area contributed by atoms with E-state index < -0.39 is 0 Å². The number of benzene rings is 9. The van der Waals surface area contributed by atoms with Crippen molar-refractivity contribution in [1.29, 1.82) is 0 Å². The molecule has 0 bridgehead atoms. The topological polar surface area (TPSA) is 9.86 Å². The molecule has 0 unspecified atom stereocenters. The second-order valence-electron chi connectivity index (χ2n) is 15.3. The minimum Gasteiger partial charge on any atom is -0.309 e. The van der Waals surface area contributed by atoms with Gasteiger partial charge in [0.1, 0.15) is 0 Å². The fourth-order valence-corrected chi connectivity index (χ4v) is 9.45. The van der Waals surface area contributed by atoms with Gasteiger partial charge < -0.3 is 9.13 Å². The lowest BCUT2D eigenvalue weighted by Crippen LogP contribution is -1.95. The molecule has 266 valence electrons. The van der Waals surface area contributed by atoms with E-state index in [-0.39, 0.29) is 0 Å². The molecule has 2 aromatic heterocycles. The average molecular weight is 725 g/mol. The molecule has 0 radical (unpaired) electrons. The summed E-state index contributed by atoms with van der Waals surface area (Å²) >= 11 is 0. The van der Waals surface area contributed by atoms with Gasteiger partial charge in [0.05, 0.1) is 22.1 Å². The number of hydrogen-bond acceptors (Lipinski definition) is 0. The number of hydrogen-bond donors (Lipinski definition) is 0. The van der Waals surface area contributed by atoms with E-state index in [0.717, 1.165) is 12.1 Å². The molecule has 0 saturated carbocycles. The molecule has 2 heterocycles. The zero-order valence-corrected chi connectivity index (χ0v) is 31.2. The summed E-state index contributed by atoms with van der Waals surface area (Å²) in [5, 5.41) is 5.05. The summed E-state index contributed by atoms with van der Waals surface area (Å²) in [6, 6.07) is 75.9. The Morgan fingerprint density at radius 2 is 0.754 bits per heavy atom. The van der Waals surface area contributed by atoms with Crippen molar-refractivity contribution >= 4 is 43.6 Å². The van der Waals surface area contributed by atoms with Crippen LogP contribution in [-0.4, -0.2) is 9.13 Å². The highest BCUT2D eigenvalue weighted by atomic mass is 15.0. The van der Waals surface area contributed by atoms with Gasteiger partial charge in [-0.3, -0.25) is 0 Å². The molecule has 0 fully saturated rings. The summed E-state index contributed by atoms with van der Waals surface area (Å²) in [5.41, 5.74) is 20.0. The van der Waals surface area contributed by atoms with Crippen molar-refractivity contribution in [2.45, 2.75) is 6.42 Å². The highest BCUT2D eigenvalue weighted by molar-refractivity contribution is 6.14. The van der Waals surface area contributed by atoms with Crippen LogP contribution in [0.2, 0.25) is 0 Å². The number of rotatable bonds is 5. The summed E-state index contributed by atoms with van der Waals surface area (Å²) < 4.78 is 4.89. The largest absolute Gasteiger partial charge is 0.309 e. The normalized spacial score (nSPS) is 12.1. The van der Waals surface area contributed by atoms with E-state index in [2.05, 4.69) is 215 Å². The summed E-state index contributed by atoms with van der Waals surface area (Å²) in [6.45, 7) is 0. The molecule has 0 amide bonds. The van der Waals surface area contributed by atoms with Crippen LogP contribution in [0.25, 0.3) is 99.5 Å². The first-order valence-corrected chi connectivity index (χ1v) is 19.8. The van der Waals surface area contributed by atoms with Crippen LogP contribution in [0.4, 0.5) is 0 Å². The van der Waals surface area contributed by atoms with Gasteiger partial charge in [0.2, 0.25) is 0 Å². The molecule has 0 saturated heterocycles. The summed E-state index contributed by atoms with van der Waals surface area (Å²) in [5.74, 6) is 0. The first-order chi connectivity index (χ1) is 28.2. The van der Waals surface area contributed by atoms with Gasteiger partial charge in [-0.05, 0) is 129 Å². The Labute approximate surface area is 331 Å². The number of nitrogens with zero attached hydrogens (tertiary/aromatic N) is 2. The van der Waals surface area contributed by atoms with Crippen LogP contribution in [0.3, 0.4) is 0 Å². The first-order valence-electron chi connectivity index (χ1n) is 19.8. The average Bonchev–Trinajstić information content (AvgIpc) is 3.93. The van der Waals surface area contributed by atoms with E-state index in [1.807, 2.05) is 0 Å². The van der Waals surface area contributed by atoms with Crippen LogP contribution in [0.15, 0.2) is 206 Å². The quantitative estimate of drug-likeness (QED) is 0.167. The minimum atomic E-state index is 0.961. The van der Waals surface area contributed by atoms with E-state index in [4.69, 9.17) is 0 Å². The van der Waals surface area contributed by atoms with Crippen LogP contribution in [-0.2, 0) is 6.42 Å². The van der Waals surface area contributed by atoms with Crippen molar-refractivity contribution in [3.05, 3.63) is 217 Å². The van der Waals surface area contributed by atoms with Gasteiger partial charge in [-0.15, -0.1) is 0 Å². The summed E-state index contributed by atoms with van der Waals surface area (Å²) in [4.78, 5) is 0. The predicted octanol–water partition coefficient (Wildman–Crippen LogP) is 14.5. The maximum atomic E-state index is 2.48. The molecule has 57 heavy (non-hydrogen) atoms. The van der Waals surface area contributed by atoms with Gasteiger partial charge in [-0.1, -0.05) is 140 Å². The van der Waals surface area contributed by atoms with E-state index in [1.54, 1.807) is 0 Å². The maximum absolute atomic E-state index is 2.48. The molecule has 2 heteroatoms. The Kier molecular flexibility index (Phi) is 7.02. The molecule has 0 atom stereocenters. The van der Waals surface area contributed by atoms with Gasteiger partial charge in [-0.25, -0.2) is 0 Å². The number of fused-ring (bicyclic) bond motifs is 9. The van der Waals surface area contributed by atoms with Crippen molar-refractivity contribution in [1.82, 2.24) is 9.13 Å². The molecule has 11 aromatic rings. The molecule has 0 N–H and O–H groups in total. The Hall–Kier alpha value is -7.42. The monoisotopic (exact) mass is 724 g/mol. The zero-order chi connectivity index (χ0) is 37.5. The van der Waals surface area contributed by atoms with Gasteiger partial charge >= 0.3 is 0 Å². The molecule has 9 aromatic carbocycles. The van der Waals surface area contributed by atoms with Crippen molar-refractivity contribution in [2.24, 2.45) is 0 Å². The summed E-state index contributed by atoms with van der Waals surface area (Å²) in [6.07, 6.45) is 0.961. The smallest absolute Gasteiger partial charge is 0.0544 e. The van der Waals surface area contributed by atoms with Crippen molar-refractivity contribution in [3.8, 4) is 55.9 Å². The zero-order valence-electron chi connectivity index (χ0n) is 31.2. The molecule has 12 rings (SSSR count). The SMILES string of the molecule is c1ccc(-c2cccc(-n3c4ccccc4c4cc(-c5ccc6c(c5)c5cc7c(cc5n6-c5cccc(-c6ccccc6)c5)Cc5ccccc5-7)ccc43)c2)cc1. The molecule has 0 spiro atoms. The molecular formula is C55H36N2. The molecule has 2 nitrogen and oxygen atoms in total. The van der Waals surface area contributed by atoms with Crippen LogP contribution >= 0.6 is 0 Å². The Morgan fingerprint density at radius 1 is 0.263 bits per heavy atom. The third-order valence-electron chi connectivity index (χ3n) is 12.1. The van der Waals surface area contributed by atoms with Crippen molar-refractivity contribution in [3.63, 3.8) is 0 Å². The Morgan fingerprint density at radius 3 is 1.42 bits per heavy atom. The van der Waals surface area contributed by atoms with E-state index in [9.17, 15) is 0 Å². The predicted molar refractivity (Wildman–Crippen MR) is 240 cm³/mol. The standard InChI is InChI=1S/C55H36N2/c1-3-13-36(14-4-1)38-18-11-20-44(30-38)56-52-24-10-9-23-47(52)49-32-40(25-27-53(49)56)41-26-28-54-50(33-41)51-35-48-43(29-42-17-7-8-22-46(42)48)34-55(51)57(54)45-21-12-19-39(31-45)37-15-5-2-6-16-37/h1-28,30-35H,29H2. The van der Waals surface area contributed by atoms with E-state index >= 15 is 0 Å². The molecular weight excluding hydrogens is 689 g/mol.